The zero-order valence-electron chi connectivity index (χ0n) is 14.9. The zero-order chi connectivity index (χ0) is 18.2. The average molecular weight is 358 g/mol. The predicted molar refractivity (Wildman–Crippen MR) is 99.7 cm³/mol. The minimum Gasteiger partial charge on any atom is -0.365 e. The van der Waals surface area contributed by atoms with Crippen LogP contribution in [0.15, 0.2) is 65.4 Å². The molecule has 0 spiro atoms. The lowest BCUT2D eigenvalue weighted by molar-refractivity contribution is 0.00330. The van der Waals surface area contributed by atoms with Crippen molar-refractivity contribution in [2.24, 2.45) is 0 Å². The van der Waals surface area contributed by atoms with Crippen molar-refractivity contribution in [1.82, 2.24) is 19.7 Å². The molecule has 1 aliphatic rings. The number of aryl methyl sites for hydroxylation is 1. The smallest absolute Gasteiger partial charge is 0.278 e. The fourth-order valence-corrected chi connectivity index (χ4v) is 3.40. The van der Waals surface area contributed by atoms with Crippen molar-refractivity contribution in [3.8, 4) is 23.0 Å². The summed E-state index contributed by atoms with van der Waals surface area (Å²) in [6, 6.07) is 18.3. The Morgan fingerprint density at radius 2 is 1.96 bits per heavy atom. The fourth-order valence-electron chi connectivity index (χ4n) is 3.40. The van der Waals surface area contributed by atoms with E-state index in [0.29, 0.717) is 30.6 Å². The summed E-state index contributed by atoms with van der Waals surface area (Å²) in [6.07, 6.45) is 1.84. The molecule has 1 atom stereocenters. The molecule has 1 aliphatic heterocycles. The van der Waals surface area contributed by atoms with Crippen LogP contribution in [0.25, 0.3) is 23.0 Å². The molecule has 2 aromatic carbocycles. The second-order valence-corrected chi connectivity index (χ2v) is 6.70. The third-order valence-corrected chi connectivity index (χ3v) is 4.81. The van der Waals surface area contributed by atoms with Gasteiger partial charge in [-0.15, -0.1) is 0 Å². The van der Waals surface area contributed by atoms with Gasteiger partial charge in [-0.25, -0.2) is 4.98 Å². The van der Waals surface area contributed by atoms with Crippen LogP contribution in [0, 0.1) is 6.92 Å². The highest BCUT2D eigenvalue weighted by Crippen LogP contribution is 2.31. The Morgan fingerprint density at radius 1 is 1.07 bits per heavy atom. The van der Waals surface area contributed by atoms with Gasteiger partial charge in [0, 0.05) is 5.56 Å². The third-order valence-electron chi connectivity index (χ3n) is 4.81. The highest BCUT2D eigenvalue weighted by Gasteiger charge is 2.26. The number of aromatic nitrogens is 4. The van der Waals surface area contributed by atoms with Crippen molar-refractivity contribution < 1.29 is 9.26 Å². The molecule has 134 valence electrons. The maximum Gasteiger partial charge on any atom is 0.278 e. The molecule has 5 rings (SSSR count). The SMILES string of the molecule is Cc1cccc(-c2noc(-c3ncn4c3CO[C@@H](c3ccccc3)C4)n2)c1. The lowest BCUT2D eigenvalue weighted by Gasteiger charge is -2.25. The Labute approximate surface area is 156 Å². The summed E-state index contributed by atoms with van der Waals surface area (Å²) in [4.78, 5) is 9.05. The van der Waals surface area contributed by atoms with Crippen molar-refractivity contribution >= 4 is 0 Å². The van der Waals surface area contributed by atoms with Gasteiger partial charge < -0.3 is 13.8 Å². The third kappa shape index (κ3) is 2.94. The second kappa shape index (κ2) is 6.48. The Hall–Kier alpha value is -3.25. The van der Waals surface area contributed by atoms with Crippen LogP contribution in [0.1, 0.15) is 22.9 Å². The largest absolute Gasteiger partial charge is 0.365 e. The topological polar surface area (TPSA) is 66.0 Å². The lowest BCUT2D eigenvalue weighted by atomic mass is 10.1. The van der Waals surface area contributed by atoms with Gasteiger partial charge in [0.2, 0.25) is 5.82 Å². The molecule has 0 bridgehead atoms. The summed E-state index contributed by atoms with van der Waals surface area (Å²) < 4.78 is 13.7. The number of hydrogen-bond donors (Lipinski definition) is 0. The first kappa shape index (κ1) is 16.0. The van der Waals surface area contributed by atoms with Crippen LogP contribution >= 0.6 is 0 Å². The summed E-state index contributed by atoms with van der Waals surface area (Å²) in [6.45, 7) is 3.21. The number of rotatable bonds is 3. The Morgan fingerprint density at radius 3 is 2.81 bits per heavy atom. The van der Waals surface area contributed by atoms with Crippen molar-refractivity contribution in [3.63, 3.8) is 0 Å². The fraction of sp³-hybridized carbons (Fsp3) is 0.190. The van der Waals surface area contributed by atoms with Crippen LogP contribution in [0.4, 0.5) is 0 Å². The minimum absolute atomic E-state index is 0.0197. The highest BCUT2D eigenvalue weighted by molar-refractivity contribution is 5.59. The first-order valence-electron chi connectivity index (χ1n) is 8.89. The molecule has 0 N–H and O–H groups in total. The summed E-state index contributed by atoms with van der Waals surface area (Å²) in [5.74, 6) is 0.983. The Bertz CT molecular complexity index is 1080. The number of fused-ring (bicyclic) bond motifs is 1. The standard InChI is InChI=1S/C21H18N4O2/c1-14-6-5-9-16(10-14)20-23-21(27-24-20)19-17-12-26-18(11-25(17)13-22-19)15-7-3-2-4-8-15/h2-10,13,18H,11-12H2,1H3/t18-/m1/s1. The van der Waals surface area contributed by atoms with Gasteiger partial charge in [-0.2, -0.15) is 4.98 Å². The van der Waals surface area contributed by atoms with Gasteiger partial charge in [-0.05, 0) is 18.6 Å². The molecule has 0 unspecified atom stereocenters. The van der Waals surface area contributed by atoms with E-state index in [1.165, 1.54) is 0 Å². The number of imidazole rings is 1. The number of nitrogens with zero attached hydrogens (tertiary/aromatic N) is 4. The number of hydrogen-bond acceptors (Lipinski definition) is 5. The molecule has 0 amide bonds. The number of ether oxygens (including phenoxy) is 1. The van der Waals surface area contributed by atoms with Crippen LogP contribution in [-0.2, 0) is 17.9 Å². The number of benzene rings is 2. The summed E-state index contributed by atoms with van der Waals surface area (Å²) in [5, 5.41) is 4.12. The molecule has 0 fully saturated rings. The first-order valence-corrected chi connectivity index (χ1v) is 8.89. The van der Waals surface area contributed by atoms with E-state index in [1.807, 2.05) is 55.7 Å². The summed E-state index contributed by atoms with van der Waals surface area (Å²) >= 11 is 0. The summed E-state index contributed by atoms with van der Waals surface area (Å²) in [5.41, 5.74) is 4.89. The van der Waals surface area contributed by atoms with Gasteiger partial charge in [0.15, 0.2) is 5.69 Å². The van der Waals surface area contributed by atoms with Crippen molar-refractivity contribution in [2.45, 2.75) is 26.2 Å². The van der Waals surface area contributed by atoms with Gasteiger partial charge in [0.1, 0.15) is 6.10 Å². The first-order chi connectivity index (χ1) is 13.3. The molecule has 3 heterocycles. The quantitative estimate of drug-likeness (QED) is 0.550. The van der Waals surface area contributed by atoms with Crippen LogP contribution in [-0.4, -0.2) is 19.7 Å². The van der Waals surface area contributed by atoms with Gasteiger partial charge in [0.05, 0.1) is 25.2 Å². The van der Waals surface area contributed by atoms with Gasteiger partial charge in [0.25, 0.3) is 5.89 Å². The van der Waals surface area contributed by atoms with Crippen molar-refractivity contribution in [2.75, 3.05) is 0 Å². The monoisotopic (exact) mass is 358 g/mol. The van der Waals surface area contributed by atoms with E-state index in [4.69, 9.17) is 9.26 Å². The van der Waals surface area contributed by atoms with Gasteiger partial charge in [-0.1, -0.05) is 59.3 Å². The van der Waals surface area contributed by atoms with Crippen LogP contribution in [0.5, 0.6) is 0 Å². The van der Waals surface area contributed by atoms with Crippen LogP contribution < -0.4 is 0 Å². The highest BCUT2D eigenvalue weighted by atomic mass is 16.5. The van der Waals surface area contributed by atoms with Gasteiger partial charge in [-0.3, -0.25) is 0 Å². The average Bonchev–Trinajstić information content (AvgIpc) is 3.35. The maximum absolute atomic E-state index is 6.07. The van der Waals surface area contributed by atoms with Crippen LogP contribution in [0.2, 0.25) is 0 Å². The van der Waals surface area contributed by atoms with E-state index >= 15 is 0 Å². The molecule has 6 nitrogen and oxygen atoms in total. The normalized spacial score (nSPS) is 16.3. The van der Waals surface area contributed by atoms with Crippen LogP contribution in [0.3, 0.4) is 0 Å². The molecule has 0 saturated heterocycles. The molecule has 0 saturated carbocycles. The molecule has 27 heavy (non-hydrogen) atoms. The molecule has 4 aromatic rings. The minimum atomic E-state index is 0.0197. The molecule has 0 aliphatic carbocycles. The molecular formula is C21H18N4O2. The molecular weight excluding hydrogens is 340 g/mol. The molecule has 2 aromatic heterocycles. The van der Waals surface area contributed by atoms with E-state index in [9.17, 15) is 0 Å². The Balaban J connectivity index is 1.43. The second-order valence-electron chi connectivity index (χ2n) is 6.70. The van der Waals surface area contributed by atoms with E-state index in [2.05, 4.69) is 31.8 Å². The van der Waals surface area contributed by atoms with Crippen molar-refractivity contribution in [3.05, 3.63) is 77.7 Å². The zero-order valence-corrected chi connectivity index (χ0v) is 14.9. The lowest BCUT2D eigenvalue weighted by Crippen LogP contribution is -2.20. The van der Waals surface area contributed by atoms with E-state index in [0.717, 1.165) is 22.4 Å². The van der Waals surface area contributed by atoms with Crippen molar-refractivity contribution in [1.29, 1.82) is 0 Å². The predicted octanol–water partition coefficient (Wildman–Crippen LogP) is 4.18. The summed E-state index contributed by atoms with van der Waals surface area (Å²) in [7, 11) is 0. The van der Waals surface area contributed by atoms with E-state index in [-0.39, 0.29) is 6.10 Å². The van der Waals surface area contributed by atoms with E-state index < -0.39 is 0 Å². The van der Waals surface area contributed by atoms with E-state index in [1.54, 1.807) is 0 Å². The maximum atomic E-state index is 6.07. The molecule has 6 heteroatoms. The Kier molecular flexibility index (Phi) is 3.83. The molecule has 0 radical (unpaired) electrons. The van der Waals surface area contributed by atoms with Gasteiger partial charge >= 0.3 is 0 Å².